The molecule has 5 nitrogen and oxygen atoms in total. The Balaban J connectivity index is 2.11. The highest BCUT2D eigenvalue weighted by Gasteiger charge is 2.12. The van der Waals surface area contributed by atoms with Crippen molar-refractivity contribution in [2.75, 3.05) is 15.8 Å². The Morgan fingerprint density at radius 2 is 1.72 bits per heavy atom. The van der Waals surface area contributed by atoms with Crippen molar-refractivity contribution in [3.8, 4) is 0 Å². The normalized spacial score (nSPS) is 11.4. The lowest BCUT2D eigenvalue weighted by atomic mass is 10.1. The summed E-state index contributed by atoms with van der Waals surface area (Å²) in [5, 5.41) is 2.78. The van der Waals surface area contributed by atoms with E-state index in [9.17, 15) is 13.2 Å². The molecule has 0 bridgehead atoms. The van der Waals surface area contributed by atoms with E-state index in [-0.39, 0.29) is 11.7 Å². The van der Waals surface area contributed by atoms with Gasteiger partial charge in [-0.25, -0.2) is 8.42 Å². The zero-order chi connectivity index (χ0) is 18.3. The Morgan fingerprint density at radius 3 is 2.40 bits per heavy atom. The standard InChI is InChI=1S/C19H22N2O3S/c1-3-14-25(23,24)21-18-11-7-10-17(15(18)2)20-19(22)13-12-16-8-5-4-6-9-16/h4-13,21H,3,14H2,1-2H3,(H,20,22)/b13-12-. The zero-order valence-corrected chi connectivity index (χ0v) is 15.1. The lowest BCUT2D eigenvalue weighted by molar-refractivity contribution is -0.111. The summed E-state index contributed by atoms with van der Waals surface area (Å²) in [5.41, 5.74) is 2.64. The van der Waals surface area contributed by atoms with Crippen LogP contribution in [0.15, 0.2) is 54.6 Å². The second kappa shape index (κ2) is 8.48. The molecule has 1 amide bonds. The van der Waals surface area contributed by atoms with Crippen LogP contribution in [-0.4, -0.2) is 20.1 Å². The maximum atomic E-state index is 12.1. The van der Waals surface area contributed by atoms with E-state index in [1.807, 2.05) is 37.3 Å². The first-order valence-electron chi connectivity index (χ1n) is 8.05. The van der Waals surface area contributed by atoms with Crippen LogP contribution in [0.4, 0.5) is 11.4 Å². The molecule has 0 saturated heterocycles. The van der Waals surface area contributed by atoms with Gasteiger partial charge >= 0.3 is 0 Å². The number of benzene rings is 2. The Kier molecular flexibility index (Phi) is 6.36. The van der Waals surface area contributed by atoms with Crippen LogP contribution in [0.3, 0.4) is 0 Å². The van der Waals surface area contributed by atoms with Gasteiger partial charge in [0, 0.05) is 11.8 Å². The lowest BCUT2D eigenvalue weighted by Crippen LogP contribution is -2.17. The summed E-state index contributed by atoms with van der Waals surface area (Å²) in [6, 6.07) is 14.6. The summed E-state index contributed by atoms with van der Waals surface area (Å²) in [4.78, 5) is 12.1. The third-order valence-electron chi connectivity index (χ3n) is 3.56. The molecule has 0 radical (unpaired) electrons. The molecule has 132 valence electrons. The van der Waals surface area contributed by atoms with Gasteiger partial charge in [-0.2, -0.15) is 0 Å². The van der Waals surface area contributed by atoms with Gasteiger partial charge in [-0.3, -0.25) is 9.52 Å². The largest absolute Gasteiger partial charge is 0.322 e. The highest BCUT2D eigenvalue weighted by Crippen LogP contribution is 2.24. The van der Waals surface area contributed by atoms with Gasteiger partial charge in [0.1, 0.15) is 0 Å². The van der Waals surface area contributed by atoms with E-state index in [1.165, 1.54) is 6.08 Å². The van der Waals surface area contributed by atoms with Crippen molar-refractivity contribution < 1.29 is 13.2 Å². The summed E-state index contributed by atoms with van der Waals surface area (Å²) >= 11 is 0. The van der Waals surface area contributed by atoms with Crippen molar-refractivity contribution in [2.45, 2.75) is 20.3 Å². The van der Waals surface area contributed by atoms with E-state index >= 15 is 0 Å². The molecule has 0 aliphatic heterocycles. The molecule has 0 aliphatic rings. The Hall–Kier alpha value is -2.60. The quantitative estimate of drug-likeness (QED) is 0.739. The van der Waals surface area contributed by atoms with Crippen LogP contribution in [0.1, 0.15) is 24.5 Å². The summed E-state index contributed by atoms with van der Waals surface area (Å²) < 4.78 is 26.4. The highest BCUT2D eigenvalue weighted by atomic mass is 32.2. The highest BCUT2D eigenvalue weighted by molar-refractivity contribution is 7.92. The average Bonchev–Trinajstić information content (AvgIpc) is 2.57. The van der Waals surface area contributed by atoms with E-state index in [1.54, 1.807) is 31.2 Å². The fourth-order valence-electron chi connectivity index (χ4n) is 2.28. The molecule has 25 heavy (non-hydrogen) atoms. The van der Waals surface area contributed by atoms with E-state index in [2.05, 4.69) is 10.0 Å². The third kappa shape index (κ3) is 5.76. The van der Waals surface area contributed by atoms with Crippen molar-refractivity contribution >= 4 is 33.4 Å². The third-order valence-corrected chi connectivity index (χ3v) is 5.03. The van der Waals surface area contributed by atoms with Crippen LogP contribution in [0.2, 0.25) is 0 Å². The number of amides is 1. The maximum absolute atomic E-state index is 12.1. The van der Waals surface area contributed by atoms with Crippen LogP contribution in [0.25, 0.3) is 6.08 Å². The van der Waals surface area contributed by atoms with Crippen LogP contribution < -0.4 is 10.0 Å². The number of carbonyl (C=O) groups is 1. The average molecular weight is 358 g/mol. The minimum Gasteiger partial charge on any atom is -0.322 e. The number of hydrogen-bond acceptors (Lipinski definition) is 3. The van der Waals surface area contributed by atoms with E-state index < -0.39 is 10.0 Å². The molecule has 6 heteroatoms. The van der Waals surface area contributed by atoms with Crippen LogP contribution in [-0.2, 0) is 14.8 Å². The molecule has 2 rings (SSSR count). The van der Waals surface area contributed by atoms with Crippen molar-refractivity contribution in [3.63, 3.8) is 0 Å². The van der Waals surface area contributed by atoms with Gasteiger partial charge in [-0.1, -0.05) is 43.3 Å². The first kappa shape index (κ1) is 18.7. The van der Waals surface area contributed by atoms with Gasteiger partial charge in [0.25, 0.3) is 0 Å². The molecular weight excluding hydrogens is 336 g/mol. The number of anilines is 2. The van der Waals surface area contributed by atoms with Gasteiger partial charge in [0.05, 0.1) is 11.4 Å². The van der Waals surface area contributed by atoms with Crippen LogP contribution in [0.5, 0.6) is 0 Å². The molecule has 0 aliphatic carbocycles. The van der Waals surface area contributed by atoms with Gasteiger partial charge in [-0.05, 0) is 42.7 Å². The molecule has 2 aromatic rings. The first-order chi connectivity index (χ1) is 11.9. The molecule has 0 fully saturated rings. The van der Waals surface area contributed by atoms with Crippen molar-refractivity contribution in [1.82, 2.24) is 0 Å². The minimum atomic E-state index is -3.38. The number of carbonyl (C=O) groups excluding carboxylic acids is 1. The number of rotatable bonds is 7. The SMILES string of the molecule is CCCS(=O)(=O)Nc1cccc(NC(=O)/C=C\c2ccccc2)c1C. The molecule has 0 unspecified atom stereocenters. The van der Waals surface area contributed by atoms with Gasteiger partial charge < -0.3 is 5.32 Å². The zero-order valence-electron chi connectivity index (χ0n) is 14.3. The molecule has 2 N–H and O–H groups in total. The van der Waals surface area contributed by atoms with Gasteiger partial charge in [0.15, 0.2) is 0 Å². The van der Waals surface area contributed by atoms with Gasteiger partial charge in [-0.15, -0.1) is 0 Å². The van der Waals surface area contributed by atoms with Crippen molar-refractivity contribution in [3.05, 3.63) is 65.7 Å². The number of sulfonamides is 1. The van der Waals surface area contributed by atoms with Crippen molar-refractivity contribution in [2.24, 2.45) is 0 Å². The summed E-state index contributed by atoms with van der Waals surface area (Å²) in [5.74, 6) is -0.219. The second-order valence-corrected chi connectivity index (χ2v) is 7.47. The fourth-order valence-corrected chi connectivity index (χ4v) is 3.48. The Morgan fingerprint density at radius 1 is 1.04 bits per heavy atom. The van der Waals surface area contributed by atoms with E-state index in [0.717, 1.165) is 5.56 Å². The fraction of sp³-hybridized carbons (Fsp3) is 0.211. The summed E-state index contributed by atoms with van der Waals surface area (Å²) in [6.45, 7) is 3.57. The Bertz CT molecular complexity index is 859. The summed E-state index contributed by atoms with van der Waals surface area (Å²) in [6.07, 6.45) is 3.70. The number of nitrogens with one attached hydrogen (secondary N) is 2. The van der Waals surface area contributed by atoms with E-state index in [0.29, 0.717) is 23.4 Å². The van der Waals surface area contributed by atoms with Crippen LogP contribution in [0, 0.1) is 6.92 Å². The molecule has 0 heterocycles. The number of hydrogen-bond donors (Lipinski definition) is 2. The molecule has 0 atom stereocenters. The molecule has 0 spiro atoms. The predicted molar refractivity (Wildman–Crippen MR) is 103 cm³/mol. The summed E-state index contributed by atoms with van der Waals surface area (Å²) in [7, 11) is -3.38. The smallest absolute Gasteiger partial charge is 0.248 e. The lowest BCUT2D eigenvalue weighted by Gasteiger charge is -2.13. The van der Waals surface area contributed by atoms with E-state index in [4.69, 9.17) is 0 Å². The molecule has 2 aromatic carbocycles. The topological polar surface area (TPSA) is 75.3 Å². The van der Waals surface area contributed by atoms with Crippen molar-refractivity contribution in [1.29, 1.82) is 0 Å². The monoisotopic (exact) mass is 358 g/mol. The Labute approximate surface area is 148 Å². The molecule has 0 aromatic heterocycles. The first-order valence-corrected chi connectivity index (χ1v) is 9.71. The molecule has 0 saturated carbocycles. The minimum absolute atomic E-state index is 0.0584. The predicted octanol–water partition coefficient (Wildman–Crippen LogP) is 3.80. The second-order valence-electron chi connectivity index (χ2n) is 5.63. The van der Waals surface area contributed by atoms with Crippen LogP contribution >= 0.6 is 0 Å². The van der Waals surface area contributed by atoms with Gasteiger partial charge in [0.2, 0.25) is 15.9 Å². The maximum Gasteiger partial charge on any atom is 0.248 e. The molecular formula is C19H22N2O3S.